The highest BCUT2D eigenvalue weighted by atomic mass is 28.3. The average molecular weight is 216 g/mol. The van der Waals surface area contributed by atoms with Gasteiger partial charge in [0.15, 0.2) is 0 Å². The van der Waals surface area contributed by atoms with Crippen LogP contribution in [0.3, 0.4) is 0 Å². The summed E-state index contributed by atoms with van der Waals surface area (Å²) < 4.78 is 10.4. The zero-order valence-electron chi connectivity index (χ0n) is 10.2. The van der Waals surface area contributed by atoms with Crippen molar-refractivity contribution in [2.24, 2.45) is 0 Å². The van der Waals surface area contributed by atoms with Crippen molar-refractivity contribution in [3.8, 4) is 0 Å². The van der Waals surface area contributed by atoms with Gasteiger partial charge in [-0.2, -0.15) is 0 Å². The molecule has 0 aliphatic heterocycles. The maximum atomic E-state index is 5.54. The van der Waals surface area contributed by atoms with Gasteiger partial charge in [0, 0.05) is 7.11 Å². The number of methoxy groups -OCH3 is 1. The number of ether oxygens (including phenoxy) is 2. The first-order valence-electron chi connectivity index (χ1n) is 5.29. The Balaban J connectivity index is 4.01. The predicted molar refractivity (Wildman–Crippen MR) is 64.1 cm³/mol. The van der Waals surface area contributed by atoms with Gasteiger partial charge in [-0.1, -0.05) is 44.8 Å². The second kappa shape index (κ2) is 7.21. The number of rotatable bonds is 7. The molecule has 1 atom stereocenters. The molecule has 0 N–H and O–H groups in total. The molecule has 0 aromatic heterocycles. The molecule has 0 bridgehead atoms. The largest absolute Gasteiger partial charge is 0.359 e. The molecular formula is C11H24O2Si. The molecule has 0 saturated carbocycles. The Morgan fingerprint density at radius 2 is 1.93 bits per heavy atom. The zero-order valence-corrected chi connectivity index (χ0v) is 11.2. The van der Waals surface area contributed by atoms with Gasteiger partial charge in [-0.15, -0.1) is 0 Å². The summed E-state index contributed by atoms with van der Waals surface area (Å²) in [4.78, 5) is 0. The SMILES string of the molecule is CCCC(C=C[Si](C)(C)C)OCOC. The van der Waals surface area contributed by atoms with Gasteiger partial charge >= 0.3 is 0 Å². The minimum atomic E-state index is -1.09. The molecule has 0 saturated heterocycles. The minimum absolute atomic E-state index is 0.228. The third-order valence-corrected chi connectivity index (χ3v) is 2.98. The molecule has 3 heteroatoms. The van der Waals surface area contributed by atoms with Gasteiger partial charge in [0.2, 0.25) is 0 Å². The van der Waals surface area contributed by atoms with Crippen molar-refractivity contribution in [3.05, 3.63) is 11.8 Å². The van der Waals surface area contributed by atoms with Gasteiger partial charge in [0.05, 0.1) is 14.2 Å². The lowest BCUT2D eigenvalue weighted by atomic mass is 10.2. The van der Waals surface area contributed by atoms with Crippen LogP contribution in [0, 0.1) is 0 Å². The third-order valence-electron chi connectivity index (χ3n) is 1.78. The summed E-state index contributed by atoms with van der Waals surface area (Å²) in [5.74, 6) is 0. The topological polar surface area (TPSA) is 18.5 Å². The van der Waals surface area contributed by atoms with Crippen LogP contribution in [-0.2, 0) is 9.47 Å². The van der Waals surface area contributed by atoms with Crippen molar-refractivity contribution in [1.29, 1.82) is 0 Å². The van der Waals surface area contributed by atoms with E-state index in [0.29, 0.717) is 6.79 Å². The second-order valence-electron chi connectivity index (χ2n) is 4.63. The molecule has 0 heterocycles. The molecule has 84 valence electrons. The monoisotopic (exact) mass is 216 g/mol. The summed E-state index contributed by atoms with van der Waals surface area (Å²) >= 11 is 0. The maximum absolute atomic E-state index is 5.54. The summed E-state index contributed by atoms with van der Waals surface area (Å²) in [6.07, 6.45) is 4.65. The molecule has 0 aliphatic rings. The molecule has 0 spiro atoms. The Hall–Kier alpha value is -0.123. The summed E-state index contributed by atoms with van der Waals surface area (Å²) in [5, 5.41) is 0. The van der Waals surface area contributed by atoms with E-state index >= 15 is 0 Å². The van der Waals surface area contributed by atoms with Crippen LogP contribution in [0.5, 0.6) is 0 Å². The molecule has 1 unspecified atom stereocenters. The molecule has 0 aromatic rings. The highest BCUT2D eigenvalue weighted by molar-refractivity contribution is 6.80. The normalized spacial score (nSPS) is 14.9. The smallest absolute Gasteiger partial charge is 0.147 e. The van der Waals surface area contributed by atoms with Crippen LogP contribution < -0.4 is 0 Å². The Morgan fingerprint density at radius 1 is 1.29 bits per heavy atom. The lowest BCUT2D eigenvalue weighted by Gasteiger charge is -2.15. The quantitative estimate of drug-likeness (QED) is 0.480. The van der Waals surface area contributed by atoms with Crippen LogP contribution >= 0.6 is 0 Å². The van der Waals surface area contributed by atoms with Gasteiger partial charge in [0.1, 0.15) is 6.79 Å². The van der Waals surface area contributed by atoms with Crippen molar-refractivity contribution >= 4 is 8.07 Å². The van der Waals surface area contributed by atoms with E-state index in [1.54, 1.807) is 7.11 Å². The summed E-state index contributed by atoms with van der Waals surface area (Å²) in [5.41, 5.74) is 2.34. The van der Waals surface area contributed by atoms with Crippen molar-refractivity contribution in [1.82, 2.24) is 0 Å². The maximum Gasteiger partial charge on any atom is 0.147 e. The van der Waals surface area contributed by atoms with Crippen molar-refractivity contribution in [3.63, 3.8) is 0 Å². The summed E-state index contributed by atoms with van der Waals surface area (Å²) in [7, 11) is 0.568. The predicted octanol–water partition coefficient (Wildman–Crippen LogP) is 3.21. The molecule has 14 heavy (non-hydrogen) atoms. The Kier molecular flexibility index (Phi) is 7.14. The van der Waals surface area contributed by atoms with E-state index in [9.17, 15) is 0 Å². The Bertz CT molecular complexity index is 161. The van der Waals surface area contributed by atoms with Gasteiger partial charge in [-0.05, 0) is 6.42 Å². The molecule has 0 aliphatic carbocycles. The highest BCUT2D eigenvalue weighted by Gasteiger charge is 2.09. The minimum Gasteiger partial charge on any atom is -0.359 e. The van der Waals surface area contributed by atoms with Crippen molar-refractivity contribution in [2.75, 3.05) is 13.9 Å². The van der Waals surface area contributed by atoms with Gasteiger partial charge < -0.3 is 9.47 Å². The first kappa shape index (κ1) is 13.9. The van der Waals surface area contributed by atoms with Gasteiger partial charge in [-0.25, -0.2) is 0 Å². The fraction of sp³-hybridized carbons (Fsp3) is 0.818. The van der Waals surface area contributed by atoms with Crippen molar-refractivity contribution in [2.45, 2.75) is 45.5 Å². The first-order valence-corrected chi connectivity index (χ1v) is 8.87. The third kappa shape index (κ3) is 8.47. The van der Waals surface area contributed by atoms with Gasteiger partial charge in [0.25, 0.3) is 0 Å². The molecular weight excluding hydrogens is 192 g/mol. The highest BCUT2D eigenvalue weighted by Crippen LogP contribution is 2.08. The van der Waals surface area contributed by atoms with E-state index in [1.807, 2.05) is 0 Å². The summed E-state index contributed by atoms with van der Waals surface area (Å²) in [6, 6.07) is 0. The first-order chi connectivity index (χ1) is 6.49. The van der Waals surface area contributed by atoms with Crippen LogP contribution in [0.15, 0.2) is 11.8 Å². The standard InChI is InChI=1S/C11H24O2Si/c1-6-7-11(13-10-12-2)8-9-14(3,4)5/h8-9,11H,6-7,10H2,1-5H3. The molecule has 2 nitrogen and oxygen atoms in total. The Morgan fingerprint density at radius 3 is 2.36 bits per heavy atom. The average Bonchev–Trinajstić information content (AvgIpc) is 2.08. The van der Waals surface area contributed by atoms with E-state index < -0.39 is 8.07 Å². The van der Waals surface area contributed by atoms with E-state index in [4.69, 9.17) is 9.47 Å². The molecule has 0 rings (SSSR count). The van der Waals surface area contributed by atoms with E-state index in [2.05, 4.69) is 38.3 Å². The Labute approximate surface area is 89.3 Å². The van der Waals surface area contributed by atoms with Crippen molar-refractivity contribution < 1.29 is 9.47 Å². The second-order valence-corrected chi connectivity index (χ2v) is 9.69. The zero-order chi connectivity index (χ0) is 11.0. The molecule has 0 fully saturated rings. The van der Waals surface area contributed by atoms with Crippen LogP contribution in [0.25, 0.3) is 0 Å². The van der Waals surface area contributed by atoms with Crippen LogP contribution in [0.2, 0.25) is 19.6 Å². The van der Waals surface area contributed by atoms with Crippen LogP contribution in [0.4, 0.5) is 0 Å². The van der Waals surface area contributed by atoms with E-state index in [0.717, 1.165) is 12.8 Å². The molecule has 0 amide bonds. The lowest BCUT2D eigenvalue weighted by molar-refractivity contribution is -0.0575. The van der Waals surface area contributed by atoms with Gasteiger partial charge in [-0.3, -0.25) is 0 Å². The van der Waals surface area contributed by atoms with E-state index in [-0.39, 0.29) is 6.10 Å². The van der Waals surface area contributed by atoms with Crippen LogP contribution in [-0.4, -0.2) is 28.1 Å². The fourth-order valence-electron chi connectivity index (χ4n) is 1.07. The van der Waals surface area contributed by atoms with E-state index in [1.165, 1.54) is 0 Å². The number of hydrogen-bond acceptors (Lipinski definition) is 2. The molecule has 0 radical (unpaired) electrons. The summed E-state index contributed by atoms with van der Waals surface area (Å²) in [6.45, 7) is 9.53. The fourth-order valence-corrected chi connectivity index (χ4v) is 1.86. The van der Waals surface area contributed by atoms with Crippen LogP contribution in [0.1, 0.15) is 19.8 Å². The number of hydrogen-bond donors (Lipinski definition) is 0. The lowest BCUT2D eigenvalue weighted by Crippen LogP contribution is -2.18. The molecule has 0 aromatic carbocycles.